The number of hydrogen-bond acceptors (Lipinski definition) is 3. The summed E-state index contributed by atoms with van der Waals surface area (Å²) in [7, 11) is 0. The Morgan fingerprint density at radius 1 is 1.44 bits per heavy atom. The van der Waals surface area contributed by atoms with E-state index in [2.05, 4.69) is 16.5 Å². The van der Waals surface area contributed by atoms with Crippen LogP contribution in [0.3, 0.4) is 0 Å². The van der Waals surface area contributed by atoms with Gasteiger partial charge in [-0.05, 0) is 37.5 Å². The number of aryl methyl sites for hydroxylation is 1. The largest absolute Gasteiger partial charge is 0.399 e. The molecule has 0 radical (unpaired) electrons. The van der Waals surface area contributed by atoms with Crippen LogP contribution in [0.1, 0.15) is 32.0 Å². The van der Waals surface area contributed by atoms with Crippen LogP contribution in [0.5, 0.6) is 0 Å². The first-order valence-corrected chi connectivity index (χ1v) is 6.58. The topological polar surface area (TPSA) is 64.1 Å². The number of hydrogen-bond donors (Lipinski definition) is 2. The van der Waals surface area contributed by atoms with Gasteiger partial charge in [-0.1, -0.05) is 6.92 Å². The van der Waals surface area contributed by atoms with Crippen molar-refractivity contribution in [2.24, 2.45) is 0 Å². The number of benzene rings is 1. The van der Waals surface area contributed by atoms with Crippen molar-refractivity contribution in [3.63, 3.8) is 0 Å². The molecule has 1 aliphatic rings. The molecule has 4 heteroatoms. The fraction of sp³-hybridized carbons (Fsp3) is 0.500. The normalized spacial score (nSPS) is 17.9. The van der Waals surface area contributed by atoms with Crippen LogP contribution in [-0.4, -0.2) is 21.3 Å². The molecule has 0 spiro atoms. The number of anilines is 1. The van der Waals surface area contributed by atoms with Crippen LogP contribution in [0.2, 0.25) is 0 Å². The van der Waals surface area contributed by atoms with Gasteiger partial charge in [-0.2, -0.15) is 0 Å². The maximum absolute atomic E-state index is 9.77. The predicted octanol–water partition coefficient (Wildman–Crippen LogP) is 2.05. The van der Waals surface area contributed by atoms with Crippen molar-refractivity contribution in [1.82, 2.24) is 9.55 Å². The molecule has 1 aromatic carbocycles. The quantitative estimate of drug-likeness (QED) is 0.813. The molecule has 0 unspecified atom stereocenters. The second-order valence-electron chi connectivity index (χ2n) is 5.20. The molecule has 3 rings (SSSR count). The van der Waals surface area contributed by atoms with E-state index in [1.54, 1.807) is 0 Å². The number of nitrogens with two attached hydrogens (primary N) is 1. The Morgan fingerprint density at radius 3 is 2.78 bits per heavy atom. The summed E-state index contributed by atoms with van der Waals surface area (Å²) < 4.78 is 2.24. The molecule has 96 valence electrons. The van der Waals surface area contributed by atoms with Gasteiger partial charge in [0, 0.05) is 12.1 Å². The van der Waals surface area contributed by atoms with Gasteiger partial charge in [0.2, 0.25) is 0 Å². The zero-order valence-electron chi connectivity index (χ0n) is 10.7. The van der Waals surface area contributed by atoms with E-state index >= 15 is 0 Å². The van der Waals surface area contributed by atoms with Gasteiger partial charge < -0.3 is 15.4 Å². The number of aliphatic hydroxyl groups excluding tert-OH is 1. The van der Waals surface area contributed by atoms with Gasteiger partial charge in [-0.25, -0.2) is 4.98 Å². The van der Waals surface area contributed by atoms with E-state index in [0.29, 0.717) is 0 Å². The van der Waals surface area contributed by atoms with Gasteiger partial charge >= 0.3 is 0 Å². The van der Waals surface area contributed by atoms with Crippen molar-refractivity contribution in [3.8, 4) is 0 Å². The lowest BCUT2D eigenvalue weighted by Crippen LogP contribution is -2.44. The molecule has 0 bridgehead atoms. The fourth-order valence-corrected chi connectivity index (χ4v) is 2.95. The number of imidazole rings is 1. The third-order valence-corrected chi connectivity index (χ3v) is 4.12. The van der Waals surface area contributed by atoms with Gasteiger partial charge in [0.1, 0.15) is 5.82 Å². The molecule has 0 saturated heterocycles. The van der Waals surface area contributed by atoms with Crippen LogP contribution in [-0.2, 0) is 12.0 Å². The summed E-state index contributed by atoms with van der Waals surface area (Å²) in [6.07, 6.45) is 4.12. The van der Waals surface area contributed by atoms with Crippen LogP contribution in [0.15, 0.2) is 18.2 Å². The monoisotopic (exact) mass is 245 g/mol. The number of nitrogens with zero attached hydrogens (tertiary/aromatic N) is 2. The van der Waals surface area contributed by atoms with Crippen molar-refractivity contribution in [1.29, 1.82) is 0 Å². The smallest absolute Gasteiger partial charge is 0.110 e. The van der Waals surface area contributed by atoms with E-state index in [-0.39, 0.29) is 12.1 Å². The van der Waals surface area contributed by atoms with Gasteiger partial charge in [0.05, 0.1) is 23.2 Å². The molecular weight excluding hydrogens is 226 g/mol. The average molecular weight is 245 g/mol. The Balaban J connectivity index is 2.25. The highest BCUT2D eigenvalue weighted by Crippen LogP contribution is 2.42. The van der Waals surface area contributed by atoms with Gasteiger partial charge in [-0.15, -0.1) is 0 Å². The summed E-state index contributed by atoms with van der Waals surface area (Å²) in [4.78, 5) is 4.66. The van der Waals surface area contributed by atoms with Gasteiger partial charge in [0.15, 0.2) is 0 Å². The lowest BCUT2D eigenvalue weighted by Gasteiger charge is -2.43. The van der Waals surface area contributed by atoms with Crippen molar-refractivity contribution >= 4 is 16.7 Å². The summed E-state index contributed by atoms with van der Waals surface area (Å²) >= 11 is 0. The second kappa shape index (κ2) is 3.99. The van der Waals surface area contributed by atoms with Crippen LogP contribution in [0.4, 0.5) is 5.69 Å². The Hall–Kier alpha value is -1.55. The number of aliphatic hydroxyl groups is 1. The molecule has 1 heterocycles. The van der Waals surface area contributed by atoms with Crippen molar-refractivity contribution < 1.29 is 5.11 Å². The Labute approximate surface area is 106 Å². The third kappa shape index (κ3) is 1.45. The second-order valence-corrected chi connectivity index (χ2v) is 5.20. The van der Waals surface area contributed by atoms with E-state index in [4.69, 9.17) is 5.73 Å². The number of fused-ring (bicyclic) bond motifs is 1. The van der Waals surface area contributed by atoms with Crippen LogP contribution in [0, 0.1) is 0 Å². The molecule has 3 N–H and O–H groups in total. The summed E-state index contributed by atoms with van der Waals surface area (Å²) in [5, 5.41) is 9.77. The molecule has 4 nitrogen and oxygen atoms in total. The molecule has 18 heavy (non-hydrogen) atoms. The lowest BCUT2D eigenvalue weighted by atomic mass is 9.77. The van der Waals surface area contributed by atoms with Gasteiger partial charge in [-0.3, -0.25) is 0 Å². The number of rotatable bonds is 3. The van der Waals surface area contributed by atoms with Crippen LogP contribution in [0.25, 0.3) is 11.0 Å². The molecule has 0 atom stereocenters. The van der Waals surface area contributed by atoms with E-state index in [0.717, 1.165) is 41.8 Å². The number of aromatic nitrogens is 2. The summed E-state index contributed by atoms with van der Waals surface area (Å²) in [5.41, 5.74) is 8.45. The third-order valence-electron chi connectivity index (χ3n) is 4.12. The molecule has 0 aliphatic heterocycles. The van der Waals surface area contributed by atoms with Crippen LogP contribution < -0.4 is 5.73 Å². The molecule has 1 fully saturated rings. The highest BCUT2D eigenvalue weighted by Gasteiger charge is 2.40. The highest BCUT2D eigenvalue weighted by atomic mass is 16.3. The Morgan fingerprint density at radius 2 is 2.22 bits per heavy atom. The molecule has 1 aromatic heterocycles. The van der Waals surface area contributed by atoms with E-state index < -0.39 is 0 Å². The Kier molecular flexibility index (Phi) is 2.55. The van der Waals surface area contributed by atoms with E-state index in [1.807, 2.05) is 18.2 Å². The zero-order chi connectivity index (χ0) is 12.8. The summed E-state index contributed by atoms with van der Waals surface area (Å²) in [6, 6.07) is 5.84. The fourth-order valence-electron chi connectivity index (χ4n) is 2.95. The van der Waals surface area contributed by atoms with Crippen molar-refractivity contribution in [3.05, 3.63) is 24.0 Å². The molecule has 0 amide bonds. The first-order chi connectivity index (χ1) is 8.70. The Bertz CT molecular complexity index is 578. The summed E-state index contributed by atoms with van der Waals surface area (Å²) in [6.45, 7) is 2.29. The molecule has 2 aromatic rings. The van der Waals surface area contributed by atoms with Crippen molar-refractivity contribution in [2.75, 3.05) is 12.3 Å². The minimum atomic E-state index is -0.129. The van der Waals surface area contributed by atoms with Crippen molar-refractivity contribution in [2.45, 2.75) is 38.1 Å². The highest BCUT2D eigenvalue weighted by molar-refractivity contribution is 5.80. The first kappa shape index (κ1) is 11.5. The standard InChI is InChI=1S/C14H19N3O/c1-2-13-16-11-8-10(15)4-5-12(11)17(13)14(9-18)6-3-7-14/h4-5,8,18H,2-3,6-7,9,15H2,1H3. The molecule has 1 saturated carbocycles. The maximum atomic E-state index is 9.77. The maximum Gasteiger partial charge on any atom is 0.110 e. The van der Waals surface area contributed by atoms with Crippen LogP contribution >= 0.6 is 0 Å². The lowest BCUT2D eigenvalue weighted by molar-refractivity contribution is 0.0564. The zero-order valence-corrected chi connectivity index (χ0v) is 10.7. The predicted molar refractivity (Wildman–Crippen MR) is 72.4 cm³/mol. The summed E-state index contributed by atoms with van der Waals surface area (Å²) in [5.74, 6) is 1.05. The minimum absolute atomic E-state index is 0.129. The molecular formula is C14H19N3O. The first-order valence-electron chi connectivity index (χ1n) is 6.58. The average Bonchev–Trinajstić information content (AvgIpc) is 2.67. The van der Waals surface area contributed by atoms with E-state index in [1.165, 1.54) is 6.42 Å². The minimum Gasteiger partial charge on any atom is -0.399 e. The van der Waals surface area contributed by atoms with E-state index in [9.17, 15) is 5.11 Å². The van der Waals surface area contributed by atoms with Gasteiger partial charge in [0.25, 0.3) is 0 Å². The number of nitrogen functional groups attached to an aromatic ring is 1. The molecule has 1 aliphatic carbocycles. The SMILES string of the molecule is CCc1nc2cc(N)ccc2n1C1(CO)CCC1.